The maximum absolute atomic E-state index is 13.1. The minimum Gasteiger partial charge on any atom is -0.394 e. The van der Waals surface area contributed by atoms with Crippen molar-refractivity contribution in [2.75, 3.05) is 13.2 Å². The van der Waals surface area contributed by atoms with Crippen LogP contribution in [0, 0.1) is 0 Å². The zero-order valence-electron chi connectivity index (χ0n) is 39.8. The van der Waals surface area contributed by atoms with Crippen LogP contribution in [-0.4, -0.2) is 98.7 Å². The third kappa shape index (κ3) is 31.6. The molecule has 1 amide bonds. The summed E-state index contributed by atoms with van der Waals surface area (Å²) >= 11 is 0. The average Bonchev–Trinajstić information content (AvgIpc) is 3.26. The van der Waals surface area contributed by atoms with Gasteiger partial charge in [0.2, 0.25) is 5.91 Å². The lowest BCUT2D eigenvalue weighted by atomic mass is 9.99. The molecule has 10 nitrogen and oxygen atoms in total. The number of carbonyl (C=O) groups excluding carboxylic acids is 1. The molecule has 0 aromatic heterocycles. The SMILES string of the molecule is CCCCCCCCCCCCCCCCCCCCCCCCCCC(O)C(=O)NC(COC1OC(CO)C(O)C(O)C1O)C(O)CCCCCCCCCCCCCC. The first-order valence-corrected chi connectivity index (χ1v) is 26.3. The largest absolute Gasteiger partial charge is 0.394 e. The first-order chi connectivity index (χ1) is 29.8. The van der Waals surface area contributed by atoms with Crippen molar-refractivity contribution in [1.82, 2.24) is 5.32 Å². The van der Waals surface area contributed by atoms with Gasteiger partial charge < -0.3 is 45.4 Å². The number of unbranched alkanes of at least 4 members (excludes halogenated alkanes) is 34. The van der Waals surface area contributed by atoms with E-state index in [1.165, 1.54) is 186 Å². The highest BCUT2D eigenvalue weighted by Crippen LogP contribution is 2.23. The molecular formula is C51H101NO9. The molecule has 8 atom stereocenters. The van der Waals surface area contributed by atoms with Crippen molar-refractivity contribution in [3.8, 4) is 0 Å². The average molecular weight is 872 g/mol. The van der Waals surface area contributed by atoms with E-state index >= 15 is 0 Å². The third-order valence-corrected chi connectivity index (χ3v) is 13.1. The Morgan fingerprint density at radius 2 is 0.820 bits per heavy atom. The molecule has 0 bridgehead atoms. The summed E-state index contributed by atoms with van der Waals surface area (Å²) in [6.07, 6.45) is 37.4. The minimum absolute atomic E-state index is 0.250. The summed E-state index contributed by atoms with van der Waals surface area (Å²) in [4.78, 5) is 13.1. The van der Waals surface area contributed by atoms with Crippen molar-refractivity contribution in [3.05, 3.63) is 0 Å². The normalized spacial score (nSPS) is 20.8. The van der Waals surface area contributed by atoms with Gasteiger partial charge in [0.05, 0.1) is 25.4 Å². The van der Waals surface area contributed by atoms with Crippen LogP contribution in [0.1, 0.15) is 258 Å². The Morgan fingerprint density at radius 3 is 1.16 bits per heavy atom. The second-order valence-electron chi connectivity index (χ2n) is 18.8. The fourth-order valence-corrected chi connectivity index (χ4v) is 8.76. The molecule has 10 heteroatoms. The van der Waals surface area contributed by atoms with Gasteiger partial charge in [-0.1, -0.05) is 245 Å². The van der Waals surface area contributed by atoms with Crippen molar-refractivity contribution >= 4 is 5.91 Å². The molecule has 1 saturated heterocycles. The van der Waals surface area contributed by atoms with E-state index < -0.39 is 61.5 Å². The first-order valence-electron chi connectivity index (χ1n) is 26.3. The Morgan fingerprint density at radius 1 is 0.492 bits per heavy atom. The lowest BCUT2D eigenvalue weighted by Crippen LogP contribution is -2.60. The van der Waals surface area contributed by atoms with Gasteiger partial charge in [-0.05, 0) is 12.8 Å². The molecule has 0 aromatic rings. The van der Waals surface area contributed by atoms with E-state index in [1.54, 1.807) is 0 Å². The maximum Gasteiger partial charge on any atom is 0.249 e. The Hall–Kier alpha value is -0.850. The zero-order chi connectivity index (χ0) is 44.6. The monoisotopic (exact) mass is 872 g/mol. The van der Waals surface area contributed by atoms with Crippen molar-refractivity contribution in [2.24, 2.45) is 0 Å². The van der Waals surface area contributed by atoms with E-state index in [1.807, 2.05) is 0 Å². The van der Waals surface area contributed by atoms with Crippen LogP contribution in [0.5, 0.6) is 0 Å². The highest BCUT2D eigenvalue weighted by atomic mass is 16.7. The van der Waals surface area contributed by atoms with Crippen LogP contribution in [0.2, 0.25) is 0 Å². The molecular weight excluding hydrogens is 771 g/mol. The second kappa shape index (κ2) is 41.8. The van der Waals surface area contributed by atoms with Gasteiger partial charge in [0, 0.05) is 0 Å². The van der Waals surface area contributed by atoms with E-state index in [4.69, 9.17) is 9.47 Å². The molecule has 8 unspecified atom stereocenters. The smallest absolute Gasteiger partial charge is 0.249 e. The van der Waals surface area contributed by atoms with E-state index in [-0.39, 0.29) is 6.61 Å². The number of aliphatic hydroxyl groups excluding tert-OH is 6. The number of ether oxygens (including phenoxy) is 2. The van der Waals surface area contributed by atoms with E-state index in [9.17, 15) is 35.4 Å². The predicted octanol–water partition coefficient (Wildman–Crippen LogP) is 10.9. The molecule has 364 valence electrons. The molecule has 0 spiro atoms. The molecule has 1 heterocycles. The molecule has 0 aromatic carbocycles. The molecule has 0 aliphatic carbocycles. The molecule has 1 fully saturated rings. The number of hydrogen-bond acceptors (Lipinski definition) is 9. The lowest BCUT2D eigenvalue weighted by molar-refractivity contribution is -0.302. The van der Waals surface area contributed by atoms with Crippen LogP contribution < -0.4 is 5.32 Å². The maximum atomic E-state index is 13.1. The number of nitrogens with one attached hydrogen (secondary N) is 1. The van der Waals surface area contributed by atoms with Crippen LogP contribution in [-0.2, 0) is 14.3 Å². The fourth-order valence-electron chi connectivity index (χ4n) is 8.76. The van der Waals surface area contributed by atoms with Gasteiger partial charge >= 0.3 is 0 Å². The van der Waals surface area contributed by atoms with Crippen LogP contribution in [0.4, 0.5) is 0 Å². The highest BCUT2D eigenvalue weighted by molar-refractivity contribution is 5.80. The quantitative estimate of drug-likeness (QED) is 0.0295. The Bertz CT molecular complexity index is 942. The standard InChI is InChI=1S/C51H101NO9/c1-3-5-7-9-11-13-15-17-18-19-20-21-22-23-24-25-26-27-28-30-32-34-36-38-40-45(55)50(59)52-43(42-60-51-49(58)48(57)47(56)46(41-53)61-51)44(54)39-37-35-33-31-29-16-14-12-10-8-6-4-2/h43-49,51,53-58H,3-42H2,1-2H3,(H,52,59). The number of hydrogen-bond donors (Lipinski definition) is 7. The second-order valence-corrected chi connectivity index (χ2v) is 18.8. The van der Waals surface area contributed by atoms with Gasteiger partial charge in [-0.25, -0.2) is 0 Å². The topological polar surface area (TPSA) is 169 Å². The van der Waals surface area contributed by atoms with Crippen LogP contribution in [0.3, 0.4) is 0 Å². The summed E-state index contributed by atoms with van der Waals surface area (Å²) in [5.41, 5.74) is 0. The Kier molecular flexibility index (Phi) is 39.9. The van der Waals surface area contributed by atoms with Crippen LogP contribution in [0.15, 0.2) is 0 Å². The first kappa shape index (κ1) is 58.2. The fraction of sp³-hybridized carbons (Fsp3) is 0.980. The summed E-state index contributed by atoms with van der Waals surface area (Å²) in [5.74, 6) is -0.578. The number of aliphatic hydroxyl groups is 6. The van der Waals surface area contributed by atoms with Crippen molar-refractivity contribution in [2.45, 2.75) is 307 Å². The summed E-state index contributed by atoms with van der Waals surface area (Å²) < 4.78 is 11.2. The van der Waals surface area contributed by atoms with Crippen molar-refractivity contribution in [3.63, 3.8) is 0 Å². The summed E-state index contributed by atoms with van der Waals surface area (Å²) in [6.45, 7) is 3.69. The van der Waals surface area contributed by atoms with Crippen LogP contribution in [0.25, 0.3) is 0 Å². The van der Waals surface area contributed by atoms with Gasteiger partial charge in [0.1, 0.15) is 30.5 Å². The number of carbonyl (C=O) groups is 1. The highest BCUT2D eigenvalue weighted by Gasteiger charge is 2.44. The minimum atomic E-state index is -1.59. The van der Waals surface area contributed by atoms with E-state index in [0.717, 1.165) is 44.9 Å². The lowest BCUT2D eigenvalue weighted by Gasteiger charge is -2.40. The van der Waals surface area contributed by atoms with Gasteiger partial charge in [0.15, 0.2) is 6.29 Å². The van der Waals surface area contributed by atoms with Gasteiger partial charge in [0.25, 0.3) is 0 Å². The molecule has 1 aliphatic rings. The molecule has 1 aliphatic heterocycles. The van der Waals surface area contributed by atoms with Crippen LogP contribution >= 0.6 is 0 Å². The van der Waals surface area contributed by atoms with Gasteiger partial charge in [-0.15, -0.1) is 0 Å². The Balaban J connectivity index is 2.23. The van der Waals surface area contributed by atoms with Crippen molar-refractivity contribution in [1.29, 1.82) is 0 Å². The van der Waals surface area contributed by atoms with Gasteiger partial charge in [-0.2, -0.15) is 0 Å². The number of amides is 1. The van der Waals surface area contributed by atoms with E-state index in [2.05, 4.69) is 19.2 Å². The molecule has 1 rings (SSSR count). The molecule has 7 N–H and O–H groups in total. The molecule has 61 heavy (non-hydrogen) atoms. The van der Waals surface area contributed by atoms with Crippen molar-refractivity contribution < 1.29 is 44.9 Å². The number of rotatable bonds is 45. The Labute approximate surface area is 375 Å². The zero-order valence-corrected chi connectivity index (χ0v) is 39.8. The summed E-state index contributed by atoms with van der Waals surface area (Å²) in [5, 5.41) is 64.9. The summed E-state index contributed by atoms with van der Waals surface area (Å²) in [7, 11) is 0. The molecule has 0 saturated carbocycles. The van der Waals surface area contributed by atoms with E-state index in [0.29, 0.717) is 12.8 Å². The predicted molar refractivity (Wildman–Crippen MR) is 250 cm³/mol. The molecule has 0 radical (unpaired) electrons. The third-order valence-electron chi connectivity index (χ3n) is 13.1. The van der Waals surface area contributed by atoms with Gasteiger partial charge in [-0.3, -0.25) is 4.79 Å². The summed E-state index contributed by atoms with van der Waals surface area (Å²) in [6, 6.07) is -0.888.